The molecule has 0 atom stereocenters. The standard InChI is InChI=1S/C12H22N6O2S2/c1-10-4-6-11(7-5-10)21-17-12(16-14-2)18(3)9-8-15-22(13,19)20/h4-7,14-15H,8-9H2,1-3H3,(H,16,17)(H2,13,19,20). The summed E-state index contributed by atoms with van der Waals surface area (Å²) in [7, 11) is -0.190. The topological polar surface area (TPSA) is 112 Å². The van der Waals surface area contributed by atoms with E-state index >= 15 is 0 Å². The molecule has 1 aromatic rings. The Morgan fingerprint density at radius 1 is 1.36 bits per heavy atom. The summed E-state index contributed by atoms with van der Waals surface area (Å²) in [5.41, 5.74) is 3.90. The smallest absolute Gasteiger partial charge is 0.274 e. The van der Waals surface area contributed by atoms with Crippen molar-refractivity contribution in [2.24, 2.45) is 10.2 Å². The summed E-state index contributed by atoms with van der Waals surface area (Å²) in [4.78, 5) is 2.82. The highest BCUT2D eigenvalue weighted by Crippen LogP contribution is 2.15. The van der Waals surface area contributed by atoms with E-state index in [0.29, 0.717) is 12.5 Å². The van der Waals surface area contributed by atoms with Gasteiger partial charge in [0.2, 0.25) is 5.96 Å². The van der Waals surface area contributed by atoms with Crippen LogP contribution in [-0.4, -0.2) is 46.5 Å². The number of nitrogens with one attached hydrogen (secondary N) is 3. The van der Waals surface area contributed by atoms with Crippen molar-refractivity contribution in [1.29, 1.82) is 0 Å². The van der Waals surface area contributed by atoms with Gasteiger partial charge < -0.3 is 10.3 Å². The number of nitrogens with two attached hydrogens (primary N) is 1. The first-order chi connectivity index (χ1) is 10.3. The SMILES string of the molecule is CN/N=C(\NSc1ccc(C)cc1)N(C)CCNS(N)(=O)=O. The molecule has 124 valence electrons. The molecule has 1 rings (SSSR count). The minimum atomic E-state index is -3.67. The molecule has 0 fully saturated rings. The summed E-state index contributed by atoms with van der Waals surface area (Å²) in [6, 6.07) is 8.07. The van der Waals surface area contributed by atoms with Crippen LogP contribution in [0.3, 0.4) is 0 Å². The Balaban J connectivity index is 2.53. The van der Waals surface area contributed by atoms with E-state index in [1.807, 2.05) is 31.2 Å². The van der Waals surface area contributed by atoms with E-state index in [1.165, 1.54) is 17.5 Å². The van der Waals surface area contributed by atoms with Crippen molar-refractivity contribution in [2.45, 2.75) is 11.8 Å². The predicted molar refractivity (Wildman–Crippen MR) is 90.4 cm³/mol. The first-order valence-electron chi connectivity index (χ1n) is 6.54. The fourth-order valence-electron chi connectivity index (χ4n) is 1.46. The van der Waals surface area contributed by atoms with Crippen molar-refractivity contribution in [3.63, 3.8) is 0 Å². The highest BCUT2D eigenvalue weighted by molar-refractivity contribution is 7.98. The molecule has 22 heavy (non-hydrogen) atoms. The molecule has 0 aliphatic rings. The molecular weight excluding hydrogens is 324 g/mol. The Kier molecular flexibility index (Phi) is 7.45. The van der Waals surface area contributed by atoms with E-state index in [9.17, 15) is 8.42 Å². The number of benzene rings is 1. The van der Waals surface area contributed by atoms with Crippen LogP contribution >= 0.6 is 11.9 Å². The molecule has 0 aliphatic carbocycles. The number of hydrazone groups is 1. The van der Waals surface area contributed by atoms with E-state index in [4.69, 9.17) is 5.14 Å². The molecule has 0 spiro atoms. The Bertz CT molecular complexity index is 588. The number of hydrogen-bond donors (Lipinski definition) is 4. The molecule has 0 aromatic heterocycles. The lowest BCUT2D eigenvalue weighted by atomic mass is 10.2. The number of rotatable bonds is 7. The van der Waals surface area contributed by atoms with Crippen molar-refractivity contribution in [3.8, 4) is 0 Å². The predicted octanol–water partition coefficient (Wildman–Crippen LogP) is -0.193. The van der Waals surface area contributed by atoms with Gasteiger partial charge in [-0.25, -0.2) is 9.86 Å². The molecule has 0 heterocycles. The Labute approximate surface area is 135 Å². The maximum Gasteiger partial charge on any atom is 0.274 e. The summed E-state index contributed by atoms with van der Waals surface area (Å²) in [6.45, 7) is 2.63. The van der Waals surface area contributed by atoms with Crippen LogP contribution < -0.4 is 20.0 Å². The van der Waals surface area contributed by atoms with E-state index in [2.05, 4.69) is 20.0 Å². The van der Waals surface area contributed by atoms with Crippen molar-refractivity contribution < 1.29 is 8.42 Å². The molecule has 0 saturated carbocycles. The minimum absolute atomic E-state index is 0.189. The first-order valence-corrected chi connectivity index (χ1v) is 8.90. The van der Waals surface area contributed by atoms with E-state index in [0.717, 1.165) is 4.90 Å². The average molecular weight is 346 g/mol. The van der Waals surface area contributed by atoms with Gasteiger partial charge in [0.15, 0.2) is 0 Å². The van der Waals surface area contributed by atoms with Crippen LogP contribution in [0.1, 0.15) is 5.56 Å². The van der Waals surface area contributed by atoms with Gasteiger partial charge in [0.25, 0.3) is 10.2 Å². The second kappa shape index (κ2) is 8.83. The molecule has 8 nitrogen and oxygen atoms in total. The van der Waals surface area contributed by atoms with E-state index in [1.54, 1.807) is 19.0 Å². The lowest BCUT2D eigenvalue weighted by molar-refractivity contribution is 0.486. The maximum atomic E-state index is 10.8. The quantitative estimate of drug-likeness (QED) is 0.236. The molecule has 5 N–H and O–H groups in total. The van der Waals surface area contributed by atoms with Crippen LogP contribution in [0.25, 0.3) is 0 Å². The normalized spacial score (nSPS) is 12.1. The van der Waals surface area contributed by atoms with Crippen LogP contribution in [0.5, 0.6) is 0 Å². The van der Waals surface area contributed by atoms with Gasteiger partial charge in [0.05, 0.1) is 0 Å². The van der Waals surface area contributed by atoms with Crippen molar-refractivity contribution in [1.82, 2.24) is 19.8 Å². The monoisotopic (exact) mass is 346 g/mol. The maximum absolute atomic E-state index is 10.8. The molecule has 0 amide bonds. The van der Waals surface area contributed by atoms with Crippen LogP contribution in [0, 0.1) is 6.92 Å². The molecule has 0 unspecified atom stereocenters. The van der Waals surface area contributed by atoms with Gasteiger partial charge in [-0.05, 0) is 31.0 Å². The summed E-state index contributed by atoms with van der Waals surface area (Å²) in [6.07, 6.45) is 0. The third-order valence-corrected chi connectivity index (χ3v) is 4.01. The van der Waals surface area contributed by atoms with Crippen LogP contribution in [0.2, 0.25) is 0 Å². The van der Waals surface area contributed by atoms with E-state index < -0.39 is 10.2 Å². The summed E-state index contributed by atoms with van der Waals surface area (Å²) in [5, 5.41) is 9.01. The number of aryl methyl sites for hydroxylation is 1. The molecule has 0 saturated heterocycles. The van der Waals surface area contributed by atoms with Gasteiger partial charge in [0.1, 0.15) is 0 Å². The zero-order valence-electron chi connectivity index (χ0n) is 12.8. The zero-order valence-corrected chi connectivity index (χ0v) is 14.5. The molecule has 0 aliphatic heterocycles. The summed E-state index contributed by atoms with van der Waals surface area (Å²) < 4.78 is 27.0. The summed E-state index contributed by atoms with van der Waals surface area (Å²) in [5.74, 6) is 0.573. The molecule has 10 heteroatoms. The Morgan fingerprint density at radius 2 is 2.00 bits per heavy atom. The van der Waals surface area contributed by atoms with Gasteiger partial charge in [-0.1, -0.05) is 17.7 Å². The lowest BCUT2D eigenvalue weighted by Gasteiger charge is -2.21. The third-order valence-electron chi connectivity index (χ3n) is 2.61. The van der Waals surface area contributed by atoms with Crippen LogP contribution in [0.15, 0.2) is 34.3 Å². The highest BCUT2D eigenvalue weighted by atomic mass is 32.2. The molecule has 1 aromatic carbocycles. The highest BCUT2D eigenvalue weighted by Gasteiger charge is 2.08. The molecule has 0 radical (unpaired) electrons. The second-order valence-corrected chi connectivity index (χ2v) is 6.80. The second-order valence-electron chi connectivity index (χ2n) is 4.54. The zero-order chi connectivity index (χ0) is 16.6. The van der Waals surface area contributed by atoms with Gasteiger partial charge in [0, 0.05) is 32.1 Å². The van der Waals surface area contributed by atoms with E-state index in [-0.39, 0.29) is 6.54 Å². The van der Waals surface area contributed by atoms with Crippen LogP contribution in [-0.2, 0) is 10.2 Å². The largest absolute Gasteiger partial charge is 0.343 e. The van der Waals surface area contributed by atoms with Crippen molar-refractivity contribution in [2.75, 3.05) is 27.2 Å². The van der Waals surface area contributed by atoms with Gasteiger partial charge >= 0.3 is 0 Å². The Morgan fingerprint density at radius 3 is 2.55 bits per heavy atom. The van der Waals surface area contributed by atoms with Crippen LogP contribution in [0.4, 0.5) is 0 Å². The van der Waals surface area contributed by atoms with Gasteiger partial charge in [-0.15, -0.1) is 5.10 Å². The number of guanidine groups is 1. The van der Waals surface area contributed by atoms with Crippen molar-refractivity contribution in [3.05, 3.63) is 29.8 Å². The van der Waals surface area contributed by atoms with Gasteiger partial charge in [-0.2, -0.15) is 8.42 Å². The fraction of sp³-hybridized carbons (Fsp3) is 0.417. The fourth-order valence-corrected chi connectivity index (χ4v) is 2.52. The third kappa shape index (κ3) is 7.50. The molecular formula is C12H22N6O2S2. The lowest BCUT2D eigenvalue weighted by Crippen LogP contribution is -2.42. The van der Waals surface area contributed by atoms with Crippen molar-refractivity contribution >= 4 is 28.1 Å². The number of hydrogen-bond acceptors (Lipinski definition) is 5. The van der Waals surface area contributed by atoms with Gasteiger partial charge in [-0.3, -0.25) is 4.72 Å². The Hall–Kier alpha value is -1.49. The summed E-state index contributed by atoms with van der Waals surface area (Å²) >= 11 is 1.42. The average Bonchev–Trinajstić information content (AvgIpc) is 2.43. The number of likely N-dealkylation sites (N-methyl/N-ethyl adjacent to an activating group) is 1. The molecule has 0 bridgehead atoms. The number of nitrogens with zero attached hydrogens (tertiary/aromatic N) is 2. The minimum Gasteiger partial charge on any atom is -0.343 e. The first kappa shape index (κ1) is 18.6.